The molecule has 1 heterocycles. The second-order valence-corrected chi connectivity index (χ2v) is 4.37. The summed E-state index contributed by atoms with van der Waals surface area (Å²) in [7, 11) is 5.14. The number of anilines is 2. The van der Waals surface area contributed by atoms with Gasteiger partial charge < -0.3 is 15.5 Å². The summed E-state index contributed by atoms with van der Waals surface area (Å²) >= 11 is 3.22. The fraction of sp³-hybridized carbons (Fsp3) is 0.444. The van der Waals surface area contributed by atoms with Crippen molar-refractivity contribution in [2.24, 2.45) is 0 Å². The summed E-state index contributed by atoms with van der Waals surface area (Å²) in [6, 6.07) is 1.60. The zero-order valence-electron chi connectivity index (χ0n) is 9.44. The number of aromatic nitrogens is 2. The largest absolute Gasteiger partial charge is 0.383 e. The maximum absolute atomic E-state index is 11.5. The third-order valence-electron chi connectivity index (χ3n) is 1.92. The van der Waals surface area contributed by atoms with E-state index in [9.17, 15) is 4.79 Å². The quantitative estimate of drug-likeness (QED) is 0.812. The molecule has 0 saturated carbocycles. The minimum Gasteiger partial charge on any atom is -0.383 e. The Bertz CT molecular complexity index is 375. The van der Waals surface area contributed by atoms with Gasteiger partial charge in [-0.2, -0.15) is 4.98 Å². The number of rotatable bonds is 3. The van der Waals surface area contributed by atoms with Crippen molar-refractivity contribution in [3.05, 3.63) is 10.7 Å². The van der Waals surface area contributed by atoms with Crippen molar-refractivity contribution < 1.29 is 4.79 Å². The first-order valence-corrected chi connectivity index (χ1v) is 5.41. The molecule has 0 atom stereocenters. The van der Waals surface area contributed by atoms with E-state index >= 15 is 0 Å². The molecule has 1 rings (SSSR count). The van der Waals surface area contributed by atoms with E-state index in [2.05, 4.69) is 25.9 Å². The van der Waals surface area contributed by atoms with Crippen molar-refractivity contribution >= 4 is 33.6 Å². The predicted molar refractivity (Wildman–Crippen MR) is 66.1 cm³/mol. The van der Waals surface area contributed by atoms with Crippen LogP contribution in [-0.4, -0.2) is 48.5 Å². The number of nitrogen functional groups attached to an aromatic ring is 1. The Labute approximate surface area is 103 Å². The lowest BCUT2D eigenvalue weighted by Crippen LogP contribution is -2.35. The van der Waals surface area contributed by atoms with Crippen molar-refractivity contribution in [3.63, 3.8) is 0 Å². The van der Waals surface area contributed by atoms with E-state index in [4.69, 9.17) is 5.73 Å². The molecule has 1 aromatic rings. The summed E-state index contributed by atoms with van der Waals surface area (Å²) in [6.07, 6.45) is 0. The van der Waals surface area contributed by atoms with Crippen LogP contribution in [0.1, 0.15) is 0 Å². The molecule has 0 fully saturated rings. The third-order valence-corrected chi connectivity index (χ3v) is 2.32. The van der Waals surface area contributed by atoms with Crippen molar-refractivity contribution in [1.82, 2.24) is 14.9 Å². The maximum atomic E-state index is 11.5. The van der Waals surface area contributed by atoms with Crippen LogP contribution in [0, 0.1) is 0 Å². The Balaban J connectivity index is 2.80. The maximum Gasteiger partial charge on any atom is 0.241 e. The van der Waals surface area contributed by atoms with Gasteiger partial charge in [-0.15, -0.1) is 0 Å². The number of likely N-dealkylation sites (N-methyl/N-ethyl adjacent to an activating group) is 2. The van der Waals surface area contributed by atoms with Crippen LogP contribution in [0.15, 0.2) is 10.7 Å². The second-order valence-electron chi connectivity index (χ2n) is 3.56. The van der Waals surface area contributed by atoms with Gasteiger partial charge in [0.25, 0.3) is 0 Å². The summed E-state index contributed by atoms with van der Waals surface area (Å²) in [5.41, 5.74) is 5.58. The summed E-state index contributed by atoms with van der Waals surface area (Å²) in [5.74, 6) is 0.757. The molecule has 2 N–H and O–H groups in total. The Kier molecular flexibility index (Phi) is 4.05. The molecule has 0 bridgehead atoms. The lowest BCUT2D eigenvalue weighted by atomic mass is 10.5. The molecule has 1 aromatic heterocycles. The van der Waals surface area contributed by atoms with Gasteiger partial charge in [0.1, 0.15) is 10.4 Å². The number of amides is 1. The lowest BCUT2D eigenvalue weighted by Gasteiger charge is -2.19. The predicted octanol–water partition coefficient (Wildman–Crippen LogP) is 0.346. The molecule has 0 aliphatic heterocycles. The van der Waals surface area contributed by atoms with E-state index in [0.29, 0.717) is 16.4 Å². The molecule has 0 aliphatic carbocycles. The van der Waals surface area contributed by atoms with Gasteiger partial charge in [0.2, 0.25) is 11.9 Å². The fourth-order valence-corrected chi connectivity index (χ4v) is 1.40. The molecule has 88 valence electrons. The molecule has 7 heteroatoms. The molecular formula is C9H14BrN5O. The van der Waals surface area contributed by atoms with Crippen LogP contribution < -0.4 is 10.6 Å². The Morgan fingerprint density at radius 2 is 2.06 bits per heavy atom. The van der Waals surface area contributed by atoms with Gasteiger partial charge in [-0.05, 0) is 15.9 Å². The van der Waals surface area contributed by atoms with Gasteiger partial charge in [-0.3, -0.25) is 4.79 Å². The standard InChI is InChI=1S/C9H14BrN5O/c1-14(2)8(16)5-15(3)9-12-6(10)4-7(11)13-9/h4H,5H2,1-3H3,(H2,11,12,13). The van der Waals surface area contributed by atoms with Crippen LogP contribution in [0.3, 0.4) is 0 Å². The number of hydrogen-bond donors (Lipinski definition) is 1. The van der Waals surface area contributed by atoms with Gasteiger partial charge in [-0.25, -0.2) is 4.98 Å². The third kappa shape index (κ3) is 3.34. The van der Waals surface area contributed by atoms with Gasteiger partial charge in [0.15, 0.2) is 0 Å². The van der Waals surface area contributed by atoms with Crippen LogP contribution in [-0.2, 0) is 4.79 Å². The average Bonchev–Trinajstić information content (AvgIpc) is 2.15. The minimum atomic E-state index is -0.0235. The Hall–Kier alpha value is -1.37. The van der Waals surface area contributed by atoms with Crippen molar-refractivity contribution in [2.45, 2.75) is 0 Å². The molecule has 0 unspecified atom stereocenters. The number of halogens is 1. The topological polar surface area (TPSA) is 75.4 Å². The Morgan fingerprint density at radius 1 is 1.44 bits per heavy atom. The van der Waals surface area contributed by atoms with Crippen LogP contribution in [0.2, 0.25) is 0 Å². The molecule has 0 aromatic carbocycles. The van der Waals surface area contributed by atoms with Gasteiger partial charge in [-0.1, -0.05) is 0 Å². The summed E-state index contributed by atoms with van der Waals surface area (Å²) in [4.78, 5) is 22.8. The second kappa shape index (κ2) is 5.11. The highest BCUT2D eigenvalue weighted by Gasteiger charge is 2.12. The number of nitrogens with two attached hydrogens (primary N) is 1. The smallest absolute Gasteiger partial charge is 0.241 e. The van der Waals surface area contributed by atoms with Crippen molar-refractivity contribution in [2.75, 3.05) is 38.3 Å². The van der Waals surface area contributed by atoms with E-state index in [1.165, 1.54) is 4.90 Å². The molecule has 6 nitrogen and oxygen atoms in total. The van der Waals surface area contributed by atoms with Crippen molar-refractivity contribution in [3.8, 4) is 0 Å². The lowest BCUT2D eigenvalue weighted by molar-refractivity contribution is -0.127. The van der Waals surface area contributed by atoms with Gasteiger partial charge >= 0.3 is 0 Å². The van der Waals surface area contributed by atoms with Crippen LogP contribution in [0.4, 0.5) is 11.8 Å². The van der Waals surface area contributed by atoms with Crippen LogP contribution >= 0.6 is 15.9 Å². The van der Waals surface area contributed by atoms with Crippen LogP contribution in [0.5, 0.6) is 0 Å². The summed E-state index contributed by atoms with van der Waals surface area (Å²) in [6.45, 7) is 0.211. The zero-order valence-corrected chi connectivity index (χ0v) is 11.0. The number of nitrogens with zero attached hydrogens (tertiary/aromatic N) is 4. The van der Waals surface area contributed by atoms with Crippen molar-refractivity contribution in [1.29, 1.82) is 0 Å². The van der Waals surface area contributed by atoms with Gasteiger partial charge in [0.05, 0.1) is 6.54 Å². The molecule has 0 aliphatic rings. The van der Waals surface area contributed by atoms with Gasteiger partial charge in [0, 0.05) is 27.2 Å². The number of hydrogen-bond acceptors (Lipinski definition) is 5. The highest BCUT2D eigenvalue weighted by molar-refractivity contribution is 9.10. The van der Waals surface area contributed by atoms with E-state index in [-0.39, 0.29) is 12.5 Å². The molecule has 0 spiro atoms. The van der Waals surface area contributed by atoms with Crippen LogP contribution in [0.25, 0.3) is 0 Å². The SMILES string of the molecule is CN(C)C(=O)CN(C)c1nc(N)cc(Br)n1. The minimum absolute atomic E-state index is 0.0235. The zero-order chi connectivity index (χ0) is 12.3. The summed E-state index contributed by atoms with van der Waals surface area (Å²) in [5, 5.41) is 0. The molecular weight excluding hydrogens is 274 g/mol. The first-order valence-electron chi connectivity index (χ1n) is 4.61. The molecule has 0 saturated heterocycles. The molecule has 1 amide bonds. The van der Waals surface area contributed by atoms with E-state index in [1.807, 2.05) is 0 Å². The first-order chi connectivity index (χ1) is 7.40. The molecule has 0 radical (unpaired) electrons. The fourth-order valence-electron chi connectivity index (χ4n) is 1.01. The molecule has 16 heavy (non-hydrogen) atoms. The van der Waals surface area contributed by atoms with E-state index < -0.39 is 0 Å². The highest BCUT2D eigenvalue weighted by Crippen LogP contribution is 2.14. The number of carbonyl (C=O) groups excluding carboxylic acids is 1. The normalized spacial score (nSPS) is 10.0. The van der Waals surface area contributed by atoms with E-state index in [0.717, 1.165) is 0 Å². The average molecular weight is 288 g/mol. The Morgan fingerprint density at radius 3 is 2.56 bits per heavy atom. The highest BCUT2D eigenvalue weighted by atomic mass is 79.9. The monoisotopic (exact) mass is 287 g/mol. The first kappa shape index (κ1) is 12.7. The number of carbonyl (C=O) groups is 1. The summed E-state index contributed by atoms with van der Waals surface area (Å²) < 4.78 is 0.596. The van der Waals surface area contributed by atoms with E-state index in [1.54, 1.807) is 32.1 Å².